The molecule has 0 radical (unpaired) electrons. The molecule has 2 rings (SSSR count). The van der Waals surface area contributed by atoms with E-state index in [1.807, 2.05) is 19.2 Å². The predicted octanol–water partition coefficient (Wildman–Crippen LogP) is 2.31. The van der Waals surface area contributed by atoms with Gasteiger partial charge in [0.05, 0.1) is 23.5 Å². The average molecular weight is 292 g/mol. The van der Waals surface area contributed by atoms with Gasteiger partial charge in [0.25, 0.3) is 0 Å². The van der Waals surface area contributed by atoms with E-state index >= 15 is 0 Å². The maximum atomic E-state index is 11.9. The van der Waals surface area contributed by atoms with E-state index in [0.717, 1.165) is 38.3 Å². The smallest absolute Gasteiger partial charge is 0.340 e. The molecule has 5 heteroatoms. The lowest BCUT2D eigenvalue weighted by atomic mass is 9.99. The molecular weight excluding hydrogens is 268 g/mol. The standard InChI is InChI=1S/C16H24N2O3/c1-3-21-16(19)13-5-4-6-14(15(13)17)18(2)11-12-7-9-20-10-8-12/h4-6,12H,3,7-11,17H2,1-2H3. The van der Waals surface area contributed by atoms with Gasteiger partial charge in [-0.2, -0.15) is 0 Å². The molecule has 2 N–H and O–H groups in total. The highest BCUT2D eigenvalue weighted by Crippen LogP contribution is 2.28. The molecule has 1 heterocycles. The zero-order valence-electron chi connectivity index (χ0n) is 12.8. The van der Waals surface area contributed by atoms with Crippen LogP contribution in [0.25, 0.3) is 0 Å². The Morgan fingerprint density at radius 2 is 2.14 bits per heavy atom. The van der Waals surface area contributed by atoms with Crippen molar-refractivity contribution in [3.8, 4) is 0 Å². The maximum absolute atomic E-state index is 11.9. The highest BCUT2D eigenvalue weighted by molar-refractivity contribution is 5.98. The number of nitrogens with two attached hydrogens (primary N) is 1. The second-order valence-corrected chi connectivity index (χ2v) is 5.40. The minimum absolute atomic E-state index is 0.348. The van der Waals surface area contributed by atoms with Crippen LogP contribution in [0.3, 0.4) is 0 Å². The van der Waals surface area contributed by atoms with Crippen LogP contribution in [0.5, 0.6) is 0 Å². The van der Waals surface area contributed by atoms with Gasteiger partial charge in [-0.1, -0.05) is 6.07 Å². The predicted molar refractivity (Wildman–Crippen MR) is 83.6 cm³/mol. The van der Waals surface area contributed by atoms with Crippen molar-refractivity contribution in [3.05, 3.63) is 23.8 Å². The van der Waals surface area contributed by atoms with Crippen LogP contribution in [0.4, 0.5) is 11.4 Å². The van der Waals surface area contributed by atoms with Crippen LogP contribution < -0.4 is 10.6 Å². The summed E-state index contributed by atoms with van der Waals surface area (Å²) >= 11 is 0. The van der Waals surface area contributed by atoms with Gasteiger partial charge in [0.2, 0.25) is 0 Å². The van der Waals surface area contributed by atoms with Crippen molar-refractivity contribution in [2.24, 2.45) is 5.92 Å². The molecule has 0 bridgehead atoms. The van der Waals surface area contributed by atoms with Crippen LogP contribution in [0.2, 0.25) is 0 Å². The number of esters is 1. The second kappa shape index (κ2) is 7.31. The summed E-state index contributed by atoms with van der Waals surface area (Å²) in [5.74, 6) is 0.241. The summed E-state index contributed by atoms with van der Waals surface area (Å²) in [4.78, 5) is 14.0. The van der Waals surface area contributed by atoms with Crippen LogP contribution >= 0.6 is 0 Å². The molecule has 0 amide bonds. The number of carbonyl (C=O) groups excluding carboxylic acids is 1. The van der Waals surface area contributed by atoms with Crippen molar-refractivity contribution in [3.63, 3.8) is 0 Å². The van der Waals surface area contributed by atoms with Gasteiger partial charge in [-0.25, -0.2) is 4.79 Å². The van der Waals surface area contributed by atoms with Gasteiger partial charge in [0, 0.05) is 26.8 Å². The molecule has 1 aromatic carbocycles. The molecule has 21 heavy (non-hydrogen) atoms. The fraction of sp³-hybridized carbons (Fsp3) is 0.562. The summed E-state index contributed by atoms with van der Waals surface area (Å²) in [6.45, 7) is 4.71. The monoisotopic (exact) mass is 292 g/mol. The van der Waals surface area contributed by atoms with Gasteiger partial charge < -0.3 is 20.1 Å². The number of anilines is 2. The second-order valence-electron chi connectivity index (χ2n) is 5.40. The lowest BCUT2D eigenvalue weighted by Gasteiger charge is -2.29. The Kier molecular flexibility index (Phi) is 5.44. The minimum atomic E-state index is -0.365. The molecule has 0 aromatic heterocycles. The van der Waals surface area contributed by atoms with E-state index in [2.05, 4.69) is 4.90 Å². The topological polar surface area (TPSA) is 64.8 Å². The molecule has 1 saturated heterocycles. The number of rotatable bonds is 5. The molecule has 116 valence electrons. The third-order valence-electron chi connectivity index (χ3n) is 3.86. The van der Waals surface area contributed by atoms with Gasteiger partial charge in [0.15, 0.2) is 0 Å². The van der Waals surface area contributed by atoms with Crippen molar-refractivity contribution in [2.45, 2.75) is 19.8 Å². The molecule has 0 saturated carbocycles. The highest BCUT2D eigenvalue weighted by Gasteiger charge is 2.19. The van der Waals surface area contributed by atoms with E-state index in [0.29, 0.717) is 23.8 Å². The molecule has 5 nitrogen and oxygen atoms in total. The lowest BCUT2D eigenvalue weighted by molar-refractivity contribution is 0.0527. The molecule has 1 aromatic rings. The number of hydrogen-bond donors (Lipinski definition) is 1. The Bertz CT molecular complexity index is 484. The normalized spacial score (nSPS) is 15.7. The molecule has 0 aliphatic carbocycles. The number of nitrogen functional groups attached to an aromatic ring is 1. The van der Waals surface area contributed by atoms with E-state index in [1.165, 1.54) is 0 Å². The van der Waals surface area contributed by atoms with Gasteiger partial charge in [-0.05, 0) is 37.8 Å². The van der Waals surface area contributed by atoms with Gasteiger partial charge in [0.1, 0.15) is 0 Å². The van der Waals surface area contributed by atoms with Crippen molar-refractivity contribution < 1.29 is 14.3 Å². The first-order valence-corrected chi connectivity index (χ1v) is 7.48. The molecule has 1 aliphatic rings. The molecule has 0 spiro atoms. The number of carbonyl (C=O) groups is 1. The Hall–Kier alpha value is -1.75. The van der Waals surface area contributed by atoms with Gasteiger partial charge in [-0.3, -0.25) is 0 Å². The first kappa shape index (κ1) is 15.6. The van der Waals surface area contributed by atoms with Crippen molar-refractivity contribution in [1.82, 2.24) is 0 Å². The van der Waals surface area contributed by atoms with Crippen LogP contribution in [-0.2, 0) is 9.47 Å². The van der Waals surface area contributed by atoms with E-state index in [9.17, 15) is 4.79 Å². The van der Waals surface area contributed by atoms with Crippen LogP contribution in [0.15, 0.2) is 18.2 Å². The lowest BCUT2D eigenvalue weighted by Crippen LogP contribution is -2.30. The van der Waals surface area contributed by atoms with E-state index < -0.39 is 0 Å². The number of nitrogens with zero attached hydrogens (tertiary/aromatic N) is 1. The van der Waals surface area contributed by atoms with Gasteiger partial charge in [-0.15, -0.1) is 0 Å². The Morgan fingerprint density at radius 3 is 2.81 bits per heavy atom. The summed E-state index contributed by atoms with van der Waals surface area (Å²) in [5.41, 5.74) is 7.96. The van der Waals surface area contributed by atoms with Crippen molar-refractivity contribution in [2.75, 3.05) is 44.0 Å². The molecule has 0 atom stereocenters. The fourth-order valence-electron chi connectivity index (χ4n) is 2.69. The summed E-state index contributed by atoms with van der Waals surface area (Å²) in [6, 6.07) is 5.49. The van der Waals surface area contributed by atoms with Gasteiger partial charge >= 0.3 is 5.97 Å². The highest BCUT2D eigenvalue weighted by atomic mass is 16.5. The molecule has 1 fully saturated rings. The van der Waals surface area contributed by atoms with E-state index in [1.54, 1.807) is 13.0 Å². The third-order valence-corrected chi connectivity index (χ3v) is 3.86. The summed E-state index contributed by atoms with van der Waals surface area (Å²) < 4.78 is 10.4. The zero-order valence-corrected chi connectivity index (χ0v) is 12.8. The third kappa shape index (κ3) is 3.88. The SMILES string of the molecule is CCOC(=O)c1cccc(N(C)CC2CCOCC2)c1N. The first-order chi connectivity index (χ1) is 10.1. The molecule has 1 aliphatic heterocycles. The van der Waals surface area contributed by atoms with Crippen molar-refractivity contribution >= 4 is 17.3 Å². The first-order valence-electron chi connectivity index (χ1n) is 7.48. The van der Waals surface area contributed by atoms with Crippen LogP contribution in [-0.4, -0.2) is 39.4 Å². The Balaban J connectivity index is 2.11. The van der Waals surface area contributed by atoms with E-state index in [-0.39, 0.29) is 5.97 Å². The van der Waals surface area contributed by atoms with Crippen LogP contribution in [0, 0.1) is 5.92 Å². The zero-order chi connectivity index (χ0) is 15.2. The minimum Gasteiger partial charge on any atom is -0.462 e. The fourth-order valence-corrected chi connectivity index (χ4v) is 2.69. The molecule has 0 unspecified atom stereocenters. The Labute approximate surface area is 126 Å². The summed E-state index contributed by atoms with van der Waals surface area (Å²) in [7, 11) is 2.01. The largest absolute Gasteiger partial charge is 0.462 e. The quantitative estimate of drug-likeness (QED) is 0.666. The number of para-hydroxylation sites is 1. The Morgan fingerprint density at radius 1 is 1.43 bits per heavy atom. The number of ether oxygens (including phenoxy) is 2. The number of benzene rings is 1. The van der Waals surface area contributed by atoms with E-state index in [4.69, 9.17) is 15.2 Å². The summed E-state index contributed by atoms with van der Waals surface area (Å²) in [5, 5.41) is 0. The van der Waals surface area contributed by atoms with Crippen molar-refractivity contribution in [1.29, 1.82) is 0 Å². The van der Waals surface area contributed by atoms with Crippen LogP contribution in [0.1, 0.15) is 30.1 Å². The molecular formula is C16H24N2O3. The summed E-state index contributed by atoms with van der Waals surface area (Å²) in [6.07, 6.45) is 2.14. The average Bonchev–Trinajstić information content (AvgIpc) is 2.48. The number of hydrogen-bond acceptors (Lipinski definition) is 5. The maximum Gasteiger partial charge on any atom is 0.340 e.